The zero-order valence-corrected chi connectivity index (χ0v) is 11.5. The summed E-state index contributed by atoms with van der Waals surface area (Å²) in [4.78, 5) is 20.9. The molecule has 4 heteroatoms. The lowest BCUT2D eigenvalue weighted by molar-refractivity contribution is 0.722. The molecule has 0 N–H and O–H groups in total. The number of aryl methyl sites for hydroxylation is 2. The fraction of sp³-hybridized carbons (Fsp3) is 0.188. The fourth-order valence-corrected chi connectivity index (χ4v) is 2.34. The highest BCUT2D eigenvalue weighted by Gasteiger charge is 2.12. The maximum absolute atomic E-state index is 12.2. The quantitative estimate of drug-likeness (QED) is 0.716. The maximum Gasteiger partial charge on any atom is 0.349 e. The van der Waals surface area contributed by atoms with E-state index in [0.29, 0.717) is 17.9 Å². The number of fused-ring (bicyclic) bond motifs is 1. The van der Waals surface area contributed by atoms with Gasteiger partial charge >= 0.3 is 5.69 Å². The number of nitrogens with zero attached hydrogens (tertiary/aromatic N) is 3. The Morgan fingerprint density at radius 1 is 1.05 bits per heavy atom. The predicted molar refractivity (Wildman–Crippen MR) is 79.6 cm³/mol. The van der Waals surface area contributed by atoms with Crippen molar-refractivity contribution in [3.8, 4) is 11.3 Å². The summed E-state index contributed by atoms with van der Waals surface area (Å²) in [6.45, 7) is 4.41. The van der Waals surface area contributed by atoms with Gasteiger partial charge in [-0.25, -0.2) is 9.78 Å². The largest absolute Gasteiger partial charge is 0.349 e. The molecule has 4 nitrogen and oxygen atoms in total. The molecule has 0 amide bonds. The van der Waals surface area contributed by atoms with E-state index in [9.17, 15) is 4.79 Å². The highest BCUT2D eigenvalue weighted by molar-refractivity contribution is 5.90. The zero-order valence-electron chi connectivity index (χ0n) is 11.5. The average Bonchev–Trinajstić information content (AvgIpc) is 2.47. The van der Waals surface area contributed by atoms with Crippen LogP contribution in [0, 0.1) is 6.92 Å². The summed E-state index contributed by atoms with van der Waals surface area (Å²) in [6.07, 6.45) is 0. The van der Waals surface area contributed by atoms with E-state index in [0.717, 1.165) is 16.6 Å². The lowest BCUT2D eigenvalue weighted by Crippen LogP contribution is -2.24. The number of pyridine rings is 1. The van der Waals surface area contributed by atoms with E-state index in [2.05, 4.69) is 9.97 Å². The first kappa shape index (κ1) is 12.5. The van der Waals surface area contributed by atoms with Crippen LogP contribution in [0.3, 0.4) is 0 Å². The van der Waals surface area contributed by atoms with Gasteiger partial charge in [-0.2, -0.15) is 4.98 Å². The van der Waals surface area contributed by atoms with Gasteiger partial charge in [-0.1, -0.05) is 30.3 Å². The van der Waals surface area contributed by atoms with Crippen molar-refractivity contribution in [1.29, 1.82) is 0 Å². The van der Waals surface area contributed by atoms with Gasteiger partial charge in [0.1, 0.15) is 5.65 Å². The predicted octanol–water partition coefficient (Wildman–Crippen LogP) is 2.79. The van der Waals surface area contributed by atoms with Crippen molar-refractivity contribution in [3.05, 3.63) is 58.6 Å². The van der Waals surface area contributed by atoms with Crippen LogP contribution < -0.4 is 5.69 Å². The number of hydrogen-bond acceptors (Lipinski definition) is 3. The van der Waals surface area contributed by atoms with E-state index in [4.69, 9.17) is 0 Å². The van der Waals surface area contributed by atoms with Gasteiger partial charge in [-0.3, -0.25) is 4.57 Å². The standard InChI is InChI=1S/C16H15N3O/c1-3-19-15-13(10-9-11(2)17-15)14(18-16(19)20)12-7-5-4-6-8-12/h4-10H,3H2,1-2H3. The number of hydrogen-bond donors (Lipinski definition) is 0. The molecular formula is C16H15N3O. The fourth-order valence-electron chi connectivity index (χ4n) is 2.34. The number of rotatable bonds is 2. The van der Waals surface area contributed by atoms with E-state index >= 15 is 0 Å². The molecule has 0 radical (unpaired) electrons. The lowest BCUT2D eigenvalue weighted by Gasteiger charge is -2.10. The molecule has 0 saturated heterocycles. The molecule has 0 aliphatic rings. The van der Waals surface area contributed by atoms with Crippen LogP contribution in [0.5, 0.6) is 0 Å². The van der Waals surface area contributed by atoms with Crippen LogP contribution in [0.25, 0.3) is 22.3 Å². The van der Waals surface area contributed by atoms with Crippen LogP contribution in [-0.2, 0) is 6.54 Å². The van der Waals surface area contributed by atoms with E-state index in [-0.39, 0.29) is 5.69 Å². The zero-order chi connectivity index (χ0) is 14.1. The summed E-state index contributed by atoms with van der Waals surface area (Å²) in [5.74, 6) is 0. The summed E-state index contributed by atoms with van der Waals surface area (Å²) >= 11 is 0. The third kappa shape index (κ3) is 1.99. The Kier molecular flexibility index (Phi) is 3.06. The molecular weight excluding hydrogens is 250 g/mol. The highest BCUT2D eigenvalue weighted by Crippen LogP contribution is 2.24. The Hall–Kier alpha value is -2.49. The molecule has 0 spiro atoms. The first-order chi connectivity index (χ1) is 9.70. The van der Waals surface area contributed by atoms with Crippen molar-refractivity contribution in [2.75, 3.05) is 0 Å². The third-order valence-electron chi connectivity index (χ3n) is 3.33. The Bertz CT molecular complexity index is 822. The lowest BCUT2D eigenvalue weighted by atomic mass is 10.1. The molecule has 100 valence electrons. The van der Waals surface area contributed by atoms with E-state index in [1.807, 2.05) is 56.3 Å². The van der Waals surface area contributed by atoms with Gasteiger partial charge in [0.15, 0.2) is 0 Å². The minimum Gasteiger partial charge on any atom is -0.276 e. The monoisotopic (exact) mass is 265 g/mol. The molecule has 0 bridgehead atoms. The smallest absolute Gasteiger partial charge is 0.276 e. The normalized spacial score (nSPS) is 10.9. The van der Waals surface area contributed by atoms with Crippen LogP contribution in [0.4, 0.5) is 0 Å². The van der Waals surface area contributed by atoms with Crippen molar-refractivity contribution in [2.45, 2.75) is 20.4 Å². The molecule has 0 aliphatic carbocycles. The summed E-state index contributed by atoms with van der Waals surface area (Å²) in [7, 11) is 0. The molecule has 2 heterocycles. The Morgan fingerprint density at radius 3 is 2.50 bits per heavy atom. The van der Waals surface area contributed by atoms with Crippen molar-refractivity contribution < 1.29 is 0 Å². The van der Waals surface area contributed by atoms with Gasteiger partial charge < -0.3 is 0 Å². The highest BCUT2D eigenvalue weighted by atomic mass is 16.1. The SMILES string of the molecule is CCn1c(=O)nc(-c2ccccc2)c2ccc(C)nc21. The number of aromatic nitrogens is 3. The minimum absolute atomic E-state index is 0.253. The molecule has 0 saturated carbocycles. The van der Waals surface area contributed by atoms with Gasteiger partial charge in [0.25, 0.3) is 0 Å². The molecule has 0 atom stereocenters. The van der Waals surface area contributed by atoms with Gasteiger partial charge in [-0.05, 0) is 26.0 Å². The van der Waals surface area contributed by atoms with Gasteiger partial charge in [0, 0.05) is 23.2 Å². The summed E-state index contributed by atoms with van der Waals surface area (Å²) < 4.78 is 1.61. The molecule has 1 aromatic carbocycles. The second-order valence-corrected chi connectivity index (χ2v) is 4.68. The number of benzene rings is 1. The van der Waals surface area contributed by atoms with Crippen molar-refractivity contribution in [3.63, 3.8) is 0 Å². The molecule has 3 aromatic rings. The first-order valence-electron chi connectivity index (χ1n) is 6.64. The Labute approximate surface area is 116 Å². The minimum atomic E-state index is -0.253. The molecule has 2 aromatic heterocycles. The van der Waals surface area contributed by atoms with Gasteiger partial charge in [0.05, 0.1) is 5.69 Å². The van der Waals surface area contributed by atoms with Crippen LogP contribution in [0.15, 0.2) is 47.3 Å². The Morgan fingerprint density at radius 2 is 1.80 bits per heavy atom. The van der Waals surface area contributed by atoms with Crippen LogP contribution in [-0.4, -0.2) is 14.5 Å². The summed E-state index contributed by atoms with van der Waals surface area (Å²) in [5.41, 5.74) is 2.97. The third-order valence-corrected chi connectivity index (χ3v) is 3.33. The second kappa shape index (κ2) is 4.89. The molecule has 20 heavy (non-hydrogen) atoms. The first-order valence-corrected chi connectivity index (χ1v) is 6.64. The molecule has 3 rings (SSSR count). The molecule has 0 unspecified atom stereocenters. The summed E-state index contributed by atoms with van der Waals surface area (Å²) in [6, 6.07) is 13.7. The summed E-state index contributed by atoms with van der Waals surface area (Å²) in [5, 5.41) is 0.906. The average molecular weight is 265 g/mol. The van der Waals surface area contributed by atoms with Crippen molar-refractivity contribution in [2.24, 2.45) is 0 Å². The van der Waals surface area contributed by atoms with E-state index in [1.165, 1.54) is 0 Å². The second-order valence-electron chi connectivity index (χ2n) is 4.68. The van der Waals surface area contributed by atoms with E-state index in [1.54, 1.807) is 4.57 Å². The van der Waals surface area contributed by atoms with Crippen LogP contribution >= 0.6 is 0 Å². The topological polar surface area (TPSA) is 47.8 Å². The van der Waals surface area contributed by atoms with Crippen LogP contribution in [0.2, 0.25) is 0 Å². The Balaban J connectivity index is 2.43. The van der Waals surface area contributed by atoms with Crippen molar-refractivity contribution >= 4 is 11.0 Å². The van der Waals surface area contributed by atoms with Gasteiger partial charge in [0.2, 0.25) is 0 Å². The van der Waals surface area contributed by atoms with Crippen molar-refractivity contribution in [1.82, 2.24) is 14.5 Å². The molecule has 0 aliphatic heterocycles. The van der Waals surface area contributed by atoms with Gasteiger partial charge in [-0.15, -0.1) is 0 Å². The maximum atomic E-state index is 12.2. The molecule has 0 fully saturated rings. The van der Waals surface area contributed by atoms with E-state index < -0.39 is 0 Å². The van der Waals surface area contributed by atoms with Crippen LogP contribution in [0.1, 0.15) is 12.6 Å².